The van der Waals surface area contributed by atoms with Gasteiger partial charge in [-0.2, -0.15) is 0 Å². The minimum atomic E-state index is -1.23. The lowest BCUT2D eigenvalue weighted by Gasteiger charge is -2.00. The smallest absolute Gasteiger partial charge is 0.169 e. The molecule has 0 saturated heterocycles. The van der Waals surface area contributed by atoms with Crippen LogP contribution in [0.3, 0.4) is 0 Å². The van der Waals surface area contributed by atoms with Gasteiger partial charge in [0.05, 0.1) is 16.6 Å². The van der Waals surface area contributed by atoms with Crippen molar-refractivity contribution in [2.75, 3.05) is 0 Å². The monoisotopic (exact) mass is 248 g/mol. The fourth-order valence-corrected chi connectivity index (χ4v) is 1.81. The molecule has 3 rings (SSSR count). The molecule has 0 spiro atoms. The van der Waals surface area contributed by atoms with E-state index in [1.807, 2.05) is 0 Å². The molecule has 1 N–H and O–H groups in total. The van der Waals surface area contributed by atoms with Gasteiger partial charge < -0.3 is 4.98 Å². The Hall–Kier alpha value is -2.30. The zero-order valence-corrected chi connectivity index (χ0v) is 9.05. The highest BCUT2D eigenvalue weighted by Crippen LogP contribution is 2.25. The molecular weight excluding hydrogens is 241 g/mol. The van der Waals surface area contributed by atoms with Crippen molar-refractivity contribution in [2.24, 2.45) is 0 Å². The van der Waals surface area contributed by atoms with Crippen LogP contribution in [0.25, 0.3) is 22.4 Å². The van der Waals surface area contributed by atoms with Crippen molar-refractivity contribution in [2.45, 2.75) is 0 Å². The van der Waals surface area contributed by atoms with Gasteiger partial charge in [-0.25, -0.2) is 18.2 Å². The zero-order valence-electron chi connectivity index (χ0n) is 9.05. The number of nitrogens with one attached hydrogen (secondary N) is 1. The van der Waals surface area contributed by atoms with E-state index in [0.717, 1.165) is 6.07 Å². The minimum Gasteiger partial charge on any atom is -0.338 e. The molecule has 5 heteroatoms. The van der Waals surface area contributed by atoms with Crippen LogP contribution in [0.5, 0.6) is 0 Å². The zero-order chi connectivity index (χ0) is 12.7. The molecule has 1 aromatic heterocycles. The number of aromatic amines is 1. The summed E-state index contributed by atoms with van der Waals surface area (Å²) in [6.45, 7) is 0. The first kappa shape index (κ1) is 10.8. The Kier molecular flexibility index (Phi) is 2.33. The third-order valence-electron chi connectivity index (χ3n) is 2.64. The van der Waals surface area contributed by atoms with E-state index >= 15 is 0 Å². The number of fused-ring (bicyclic) bond motifs is 1. The van der Waals surface area contributed by atoms with E-state index in [1.54, 1.807) is 24.3 Å². The average molecular weight is 248 g/mol. The van der Waals surface area contributed by atoms with E-state index in [4.69, 9.17) is 0 Å². The third-order valence-corrected chi connectivity index (χ3v) is 2.64. The standard InChI is InChI=1S/C13H7F3N2/c14-7-5-8(12(16)9(15)6-7)13-17-10-3-1-2-4-11(10)18-13/h1-6H,(H,17,18). The van der Waals surface area contributed by atoms with Crippen molar-refractivity contribution in [3.05, 3.63) is 53.8 Å². The van der Waals surface area contributed by atoms with E-state index < -0.39 is 17.5 Å². The summed E-state index contributed by atoms with van der Waals surface area (Å²) < 4.78 is 39.8. The lowest BCUT2D eigenvalue weighted by atomic mass is 10.2. The van der Waals surface area contributed by atoms with E-state index in [-0.39, 0.29) is 11.4 Å². The Balaban J connectivity index is 2.26. The lowest BCUT2D eigenvalue weighted by Crippen LogP contribution is -1.93. The van der Waals surface area contributed by atoms with Gasteiger partial charge in [-0.15, -0.1) is 0 Å². The fraction of sp³-hybridized carbons (Fsp3) is 0. The molecule has 0 fully saturated rings. The molecule has 3 aromatic rings. The molecule has 0 amide bonds. The molecule has 90 valence electrons. The Morgan fingerprint density at radius 1 is 1.00 bits per heavy atom. The number of aromatic nitrogens is 2. The lowest BCUT2D eigenvalue weighted by molar-refractivity contribution is 0.497. The van der Waals surface area contributed by atoms with Crippen molar-refractivity contribution in [3.63, 3.8) is 0 Å². The van der Waals surface area contributed by atoms with Crippen LogP contribution in [-0.2, 0) is 0 Å². The molecule has 0 unspecified atom stereocenters. The highest BCUT2D eigenvalue weighted by molar-refractivity contribution is 5.79. The first-order valence-electron chi connectivity index (χ1n) is 5.25. The number of halogens is 3. The summed E-state index contributed by atoms with van der Waals surface area (Å²) >= 11 is 0. The molecular formula is C13H7F3N2. The summed E-state index contributed by atoms with van der Waals surface area (Å²) in [6.07, 6.45) is 0. The quantitative estimate of drug-likeness (QED) is 0.654. The number of imidazole rings is 1. The van der Waals surface area contributed by atoms with Gasteiger partial charge in [-0.05, 0) is 18.2 Å². The summed E-state index contributed by atoms with van der Waals surface area (Å²) in [6, 6.07) is 8.45. The summed E-state index contributed by atoms with van der Waals surface area (Å²) in [5.74, 6) is -3.09. The maximum Gasteiger partial charge on any atom is 0.169 e. The first-order valence-corrected chi connectivity index (χ1v) is 5.25. The van der Waals surface area contributed by atoms with Crippen molar-refractivity contribution < 1.29 is 13.2 Å². The van der Waals surface area contributed by atoms with Gasteiger partial charge in [0, 0.05) is 6.07 Å². The van der Waals surface area contributed by atoms with E-state index in [0.29, 0.717) is 17.1 Å². The number of hydrogen-bond donors (Lipinski definition) is 1. The minimum absolute atomic E-state index is 0.104. The van der Waals surface area contributed by atoms with Gasteiger partial charge in [0.1, 0.15) is 11.6 Å². The summed E-state index contributed by atoms with van der Waals surface area (Å²) in [7, 11) is 0. The number of benzene rings is 2. The number of H-pyrrole nitrogens is 1. The Labute approximate surface area is 100 Å². The molecule has 2 aromatic carbocycles. The molecule has 0 bridgehead atoms. The number of para-hydroxylation sites is 2. The predicted octanol–water partition coefficient (Wildman–Crippen LogP) is 3.65. The fourth-order valence-electron chi connectivity index (χ4n) is 1.81. The van der Waals surface area contributed by atoms with Crippen molar-refractivity contribution in [1.82, 2.24) is 9.97 Å². The summed E-state index contributed by atoms with van der Waals surface area (Å²) in [4.78, 5) is 6.92. The van der Waals surface area contributed by atoms with E-state index in [2.05, 4.69) is 9.97 Å². The van der Waals surface area contributed by atoms with Gasteiger partial charge in [-0.1, -0.05) is 12.1 Å². The van der Waals surface area contributed by atoms with Gasteiger partial charge >= 0.3 is 0 Å². The van der Waals surface area contributed by atoms with Gasteiger partial charge in [0.15, 0.2) is 11.6 Å². The van der Waals surface area contributed by atoms with Gasteiger partial charge in [-0.3, -0.25) is 0 Å². The van der Waals surface area contributed by atoms with E-state index in [1.165, 1.54) is 0 Å². The van der Waals surface area contributed by atoms with Crippen LogP contribution in [0.2, 0.25) is 0 Å². The molecule has 0 aliphatic rings. The van der Waals surface area contributed by atoms with Crippen LogP contribution in [0, 0.1) is 17.5 Å². The molecule has 0 radical (unpaired) electrons. The second-order valence-electron chi connectivity index (χ2n) is 3.85. The second-order valence-corrected chi connectivity index (χ2v) is 3.85. The topological polar surface area (TPSA) is 28.7 Å². The number of rotatable bonds is 1. The SMILES string of the molecule is Fc1cc(F)c(F)c(-c2nc3ccccc3[nH]2)c1. The Morgan fingerprint density at radius 3 is 2.56 bits per heavy atom. The molecule has 0 aliphatic heterocycles. The third kappa shape index (κ3) is 1.64. The van der Waals surface area contributed by atoms with Crippen LogP contribution < -0.4 is 0 Å². The maximum atomic E-state index is 13.6. The summed E-state index contributed by atoms with van der Waals surface area (Å²) in [5, 5.41) is 0. The Bertz CT molecular complexity index is 701. The molecule has 18 heavy (non-hydrogen) atoms. The normalized spacial score (nSPS) is 11.1. The van der Waals surface area contributed by atoms with Crippen LogP contribution in [-0.4, -0.2) is 9.97 Å². The van der Waals surface area contributed by atoms with Crippen molar-refractivity contribution >= 4 is 11.0 Å². The van der Waals surface area contributed by atoms with E-state index in [9.17, 15) is 13.2 Å². The van der Waals surface area contributed by atoms with Crippen LogP contribution in [0.1, 0.15) is 0 Å². The maximum absolute atomic E-state index is 13.6. The summed E-state index contributed by atoms with van der Waals surface area (Å²) in [5.41, 5.74) is 1.07. The largest absolute Gasteiger partial charge is 0.338 e. The molecule has 0 atom stereocenters. The number of nitrogens with zero attached hydrogens (tertiary/aromatic N) is 1. The van der Waals surface area contributed by atoms with Crippen molar-refractivity contribution in [3.8, 4) is 11.4 Å². The first-order chi connectivity index (χ1) is 8.65. The van der Waals surface area contributed by atoms with Gasteiger partial charge in [0.2, 0.25) is 0 Å². The molecule has 0 aliphatic carbocycles. The molecule has 0 saturated carbocycles. The predicted molar refractivity (Wildman–Crippen MR) is 61.4 cm³/mol. The van der Waals surface area contributed by atoms with Crippen molar-refractivity contribution in [1.29, 1.82) is 0 Å². The van der Waals surface area contributed by atoms with Crippen LogP contribution >= 0.6 is 0 Å². The highest BCUT2D eigenvalue weighted by atomic mass is 19.2. The van der Waals surface area contributed by atoms with Gasteiger partial charge in [0.25, 0.3) is 0 Å². The molecule has 2 nitrogen and oxygen atoms in total. The second kappa shape index (κ2) is 3.87. The van der Waals surface area contributed by atoms with Crippen LogP contribution in [0.15, 0.2) is 36.4 Å². The van der Waals surface area contributed by atoms with Crippen LogP contribution in [0.4, 0.5) is 13.2 Å². The highest BCUT2D eigenvalue weighted by Gasteiger charge is 2.15. The number of hydrogen-bond acceptors (Lipinski definition) is 1. The average Bonchev–Trinajstić information content (AvgIpc) is 2.77. The molecule has 1 heterocycles. The Morgan fingerprint density at radius 2 is 1.78 bits per heavy atom.